The standard InChI is InChI=1S/C29H23F4N3O3/c1-28(2,3)27(38)36-22-14-21-23(13-18(22)15-34-36)35(20-11-9-19(30)10-12-20)25(29(31,32)33)24(21)16-5-7-17(8-6-16)26(37)39-4/h5-15H,1-4H3. The number of halogens is 4. The monoisotopic (exact) mass is 537 g/mol. The maximum absolute atomic E-state index is 14.9. The number of fused-ring (bicyclic) bond motifs is 2. The summed E-state index contributed by atoms with van der Waals surface area (Å²) in [5.41, 5.74) is -0.931. The third-order valence-electron chi connectivity index (χ3n) is 6.44. The van der Waals surface area contributed by atoms with Crippen LogP contribution in [0.4, 0.5) is 17.6 Å². The first-order valence-electron chi connectivity index (χ1n) is 11.9. The summed E-state index contributed by atoms with van der Waals surface area (Å²) in [6, 6.07) is 13.4. The van der Waals surface area contributed by atoms with E-state index in [1.165, 1.54) is 66.5 Å². The first-order chi connectivity index (χ1) is 18.3. The minimum Gasteiger partial charge on any atom is -0.465 e. The van der Waals surface area contributed by atoms with Crippen LogP contribution < -0.4 is 0 Å². The summed E-state index contributed by atoms with van der Waals surface area (Å²) in [7, 11) is 1.21. The van der Waals surface area contributed by atoms with E-state index in [0.717, 1.165) is 16.7 Å². The Kier molecular flexibility index (Phi) is 6.08. The van der Waals surface area contributed by atoms with Crippen molar-refractivity contribution in [2.75, 3.05) is 7.11 Å². The number of nitrogens with zero attached hydrogens (tertiary/aromatic N) is 3. The molecule has 5 rings (SSSR count). The zero-order chi connectivity index (χ0) is 28.3. The van der Waals surface area contributed by atoms with Gasteiger partial charge in [0.1, 0.15) is 11.5 Å². The number of aromatic nitrogens is 3. The number of methoxy groups -OCH3 is 1. The van der Waals surface area contributed by atoms with Gasteiger partial charge >= 0.3 is 12.1 Å². The fraction of sp³-hybridized carbons (Fsp3) is 0.207. The highest BCUT2D eigenvalue weighted by Crippen LogP contribution is 2.46. The van der Waals surface area contributed by atoms with Crippen LogP contribution in [-0.2, 0) is 10.9 Å². The molecule has 39 heavy (non-hydrogen) atoms. The van der Waals surface area contributed by atoms with E-state index < -0.39 is 29.1 Å². The Morgan fingerprint density at radius 2 is 1.54 bits per heavy atom. The summed E-state index contributed by atoms with van der Waals surface area (Å²) in [6.07, 6.45) is -3.40. The molecule has 3 aromatic carbocycles. The number of rotatable bonds is 3. The fourth-order valence-electron chi connectivity index (χ4n) is 4.60. The molecule has 0 N–H and O–H groups in total. The van der Waals surface area contributed by atoms with Crippen LogP contribution in [0.3, 0.4) is 0 Å². The van der Waals surface area contributed by atoms with E-state index in [1.54, 1.807) is 20.8 Å². The maximum Gasteiger partial charge on any atom is 0.432 e. The van der Waals surface area contributed by atoms with Crippen LogP contribution in [0.2, 0.25) is 0 Å². The van der Waals surface area contributed by atoms with Gasteiger partial charge in [0.15, 0.2) is 0 Å². The third kappa shape index (κ3) is 4.45. The van der Waals surface area contributed by atoms with Crippen LogP contribution in [0, 0.1) is 11.2 Å². The molecule has 0 aliphatic carbocycles. The van der Waals surface area contributed by atoms with Crippen molar-refractivity contribution in [2.24, 2.45) is 5.41 Å². The second kappa shape index (κ2) is 9.07. The molecule has 200 valence electrons. The molecule has 0 saturated carbocycles. The highest BCUT2D eigenvalue weighted by atomic mass is 19.4. The molecule has 0 spiro atoms. The van der Waals surface area contributed by atoms with Crippen LogP contribution >= 0.6 is 0 Å². The zero-order valence-corrected chi connectivity index (χ0v) is 21.4. The second-order valence-corrected chi connectivity index (χ2v) is 10.1. The van der Waals surface area contributed by atoms with Crippen molar-refractivity contribution in [1.82, 2.24) is 14.3 Å². The molecule has 10 heteroatoms. The summed E-state index contributed by atoms with van der Waals surface area (Å²) in [5.74, 6) is -1.54. The molecule has 0 amide bonds. The van der Waals surface area contributed by atoms with Gasteiger partial charge in [0.05, 0.1) is 29.9 Å². The number of alkyl halides is 3. The normalized spacial score (nSPS) is 12.3. The molecule has 0 aliphatic rings. The Morgan fingerprint density at radius 3 is 2.10 bits per heavy atom. The molecular formula is C29H23F4N3O3. The van der Waals surface area contributed by atoms with Gasteiger partial charge in [0, 0.05) is 27.4 Å². The number of benzene rings is 3. The fourth-order valence-corrected chi connectivity index (χ4v) is 4.60. The molecule has 0 atom stereocenters. The molecule has 5 aromatic rings. The minimum atomic E-state index is -4.83. The number of hydrogen-bond acceptors (Lipinski definition) is 4. The molecule has 0 aliphatic heterocycles. The van der Waals surface area contributed by atoms with E-state index in [1.807, 2.05) is 0 Å². The lowest BCUT2D eigenvalue weighted by molar-refractivity contribution is -0.141. The van der Waals surface area contributed by atoms with Crippen molar-refractivity contribution in [3.63, 3.8) is 0 Å². The summed E-state index contributed by atoms with van der Waals surface area (Å²) in [4.78, 5) is 25.0. The van der Waals surface area contributed by atoms with E-state index >= 15 is 0 Å². The Bertz CT molecular complexity index is 1740. The average molecular weight is 538 g/mol. The number of carbonyl (C=O) groups excluding carboxylic acids is 2. The number of hydrogen-bond donors (Lipinski definition) is 0. The van der Waals surface area contributed by atoms with Crippen molar-refractivity contribution < 1.29 is 31.9 Å². The summed E-state index contributed by atoms with van der Waals surface area (Å²) in [6.45, 7) is 5.17. The van der Waals surface area contributed by atoms with E-state index in [2.05, 4.69) is 5.10 Å². The smallest absolute Gasteiger partial charge is 0.432 e. The first-order valence-corrected chi connectivity index (χ1v) is 11.9. The predicted octanol–water partition coefficient (Wildman–Crippen LogP) is 7.28. The van der Waals surface area contributed by atoms with Crippen LogP contribution in [0.15, 0.2) is 66.9 Å². The van der Waals surface area contributed by atoms with Crippen molar-refractivity contribution in [1.29, 1.82) is 0 Å². The average Bonchev–Trinajstić information content (AvgIpc) is 3.45. The highest BCUT2D eigenvalue weighted by Gasteiger charge is 2.40. The molecule has 0 fully saturated rings. The molecule has 0 bridgehead atoms. The van der Waals surface area contributed by atoms with E-state index in [9.17, 15) is 27.2 Å². The van der Waals surface area contributed by atoms with Gasteiger partial charge in [0.25, 0.3) is 5.91 Å². The Labute approximate surface area is 220 Å². The Hall–Kier alpha value is -4.47. The summed E-state index contributed by atoms with van der Waals surface area (Å²) >= 11 is 0. The largest absolute Gasteiger partial charge is 0.465 e. The van der Waals surface area contributed by atoms with Crippen LogP contribution in [0.5, 0.6) is 0 Å². The topological polar surface area (TPSA) is 66.1 Å². The van der Waals surface area contributed by atoms with Gasteiger partial charge < -0.3 is 9.30 Å². The van der Waals surface area contributed by atoms with Crippen molar-refractivity contribution >= 4 is 33.7 Å². The Balaban J connectivity index is 1.91. The molecule has 2 heterocycles. The van der Waals surface area contributed by atoms with E-state index in [4.69, 9.17) is 4.74 Å². The van der Waals surface area contributed by atoms with Crippen LogP contribution in [0.1, 0.15) is 41.6 Å². The number of esters is 1. The molecule has 0 saturated heterocycles. The predicted molar refractivity (Wildman–Crippen MR) is 138 cm³/mol. The van der Waals surface area contributed by atoms with Crippen molar-refractivity contribution in [3.8, 4) is 16.8 Å². The van der Waals surface area contributed by atoms with E-state index in [-0.39, 0.29) is 39.2 Å². The highest BCUT2D eigenvalue weighted by molar-refractivity contribution is 6.07. The van der Waals surface area contributed by atoms with Gasteiger partial charge in [-0.05, 0) is 54.1 Å². The van der Waals surface area contributed by atoms with Crippen LogP contribution in [-0.4, -0.2) is 33.3 Å². The van der Waals surface area contributed by atoms with Crippen molar-refractivity contribution in [2.45, 2.75) is 26.9 Å². The quantitative estimate of drug-likeness (QED) is 0.179. The first kappa shape index (κ1) is 26.1. The molecule has 6 nitrogen and oxygen atoms in total. The zero-order valence-electron chi connectivity index (χ0n) is 21.4. The number of carbonyl (C=O) groups is 2. The SMILES string of the molecule is COC(=O)c1ccc(-c2c(C(F)(F)F)n(-c3ccc(F)cc3)c3cc4cnn(C(=O)C(C)(C)C)c4cc23)cc1. The molecule has 0 radical (unpaired) electrons. The molecule has 2 aromatic heterocycles. The lowest BCUT2D eigenvalue weighted by atomic mass is 9.95. The van der Waals surface area contributed by atoms with Gasteiger partial charge in [0.2, 0.25) is 0 Å². The van der Waals surface area contributed by atoms with Gasteiger partial charge in [-0.2, -0.15) is 23.0 Å². The lowest BCUT2D eigenvalue weighted by Gasteiger charge is -2.16. The van der Waals surface area contributed by atoms with Gasteiger partial charge in [-0.25, -0.2) is 9.18 Å². The summed E-state index contributed by atoms with van der Waals surface area (Å²) in [5, 5.41) is 4.89. The second-order valence-electron chi connectivity index (χ2n) is 10.1. The maximum atomic E-state index is 14.9. The van der Waals surface area contributed by atoms with E-state index in [0.29, 0.717) is 10.9 Å². The summed E-state index contributed by atoms with van der Waals surface area (Å²) < 4.78 is 65.2. The molecule has 0 unspecified atom stereocenters. The Morgan fingerprint density at radius 1 is 0.897 bits per heavy atom. The third-order valence-corrected chi connectivity index (χ3v) is 6.44. The van der Waals surface area contributed by atoms with Gasteiger partial charge in [-0.15, -0.1) is 0 Å². The van der Waals surface area contributed by atoms with Gasteiger partial charge in [-0.3, -0.25) is 4.79 Å². The minimum absolute atomic E-state index is 0.101. The number of ether oxygens (including phenoxy) is 1. The lowest BCUT2D eigenvalue weighted by Crippen LogP contribution is -2.27. The van der Waals surface area contributed by atoms with Crippen LogP contribution in [0.25, 0.3) is 38.6 Å². The van der Waals surface area contributed by atoms with Gasteiger partial charge in [-0.1, -0.05) is 32.9 Å². The van der Waals surface area contributed by atoms with Crippen molar-refractivity contribution in [3.05, 3.63) is 83.9 Å². The molecular weight excluding hydrogens is 514 g/mol.